The Balaban J connectivity index is 3.04. The highest BCUT2D eigenvalue weighted by Crippen LogP contribution is 2.29. The molecule has 5 heteroatoms. The lowest BCUT2D eigenvalue weighted by molar-refractivity contribution is -0.134. The third-order valence-corrected chi connectivity index (χ3v) is 2.67. The second-order valence-corrected chi connectivity index (χ2v) is 4.50. The van der Waals surface area contributed by atoms with Gasteiger partial charge in [0.1, 0.15) is 0 Å². The molecule has 0 bridgehead atoms. The van der Waals surface area contributed by atoms with E-state index in [0.29, 0.717) is 36.5 Å². The van der Waals surface area contributed by atoms with E-state index in [2.05, 4.69) is 0 Å². The molecule has 0 amide bonds. The second kappa shape index (κ2) is 8.09. The summed E-state index contributed by atoms with van der Waals surface area (Å²) < 4.78 is 10.7. The Morgan fingerprint density at radius 2 is 1.95 bits per heavy atom. The van der Waals surface area contributed by atoms with Crippen molar-refractivity contribution in [3.8, 4) is 11.5 Å². The van der Waals surface area contributed by atoms with E-state index in [0.717, 1.165) is 0 Å². The molecule has 0 aliphatic rings. The van der Waals surface area contributed by atoms with Crippen molar-refractivity contribution < 1.29 is 24.2 Å². The highest BCUT2D eigenvalue weighted by molar-refractivity contribution is 5.91. The van der Waals surface area contributed by atoms with Gasteiger partial charge < -0.3 is 14.6 Å². The fraction of sp³-hybridized carbons (Fsp3) is 0.375. The molecule has 0 fully saturated rings. The molecule has 1 rings (SSSR count). The lowest BCUT2D eigenvalue weighted by atomic mass is 10.1. The Bertz CT molecular complexity index is 546. The summed E-state index contributed by atoms with van der Waals surface area (Å²) in [5, 5.41) is 8.88. The van der Waals surface area contributed by atoms with Crippen molar-refractivity contribution in [3.63, 3.8) is 0 Å². The number of hydrogen-bond acceptors (Lipinski definition) is 4. The third kappa shape index (κ3) is 5.30. The zero-order valence-electron chi connectivity index (χ0n) is 12.5. The number of rotatable bonds is 7. The molecule has 1 N–H and O–H groups in total. The van der Waals surface area contributed by atoms with Crippen LogP contribution in [0.5, 0.6) is 11.5 Å². The van der Waals surface area contributed by atoms with Gasteiger partial charge in [0.05, 0.1) is 6.61 Å². The van der Waals surface area contributed by atoms with Crippen LogP contribution < -0.4 is 9.47 Å². The minimum absolute atomic E-state index is 0.216. The van der Waals surface area contributed by atoms with Gasteiger partial charge in [-0.25, -0.2) is 4.79 Å². The molecule has 5 nitrogen and oxygen atoms in total. The molecule has 0 spiro atoms. The second-order valence-electron chi connectivity index (χ2n) is 4.50. The molecule has 1 aromatic carbocycles. The quantitative estimate of drug-likeness (QED) is 0.474. The number of carboxylic acids is 1. The largest absolute Gasteiger partial charge is 0.490 e. The van der Waals surface area contributed by atoms with Crippen LogP contribution in [0, 0.1) is 0 Å². The van der Waals surface area contributed by atoms with Gasteiger partial charge in [-0.1, -0.05) is 13.0 Å². The predicted octanol–water partition coefficient (Wildman–Crippen LogP) is 3.28. The molecule has 0 saturated heterocycles. The Kier molecular flexibility index (Phi) is 6.46. The molecule has 21 heavy (non-hydrogen) atoms. The Labute approximate surface area is 124 Å². The number of carboxylic acid groups (broad SMARTS) is 1. The molecule has 0 aliphatic heterocycles. The van der Waals surface area contributed by atoms with E-state index in [1.807, 2.05) is 13.8 Å². The number of carbonyl (C=O) groups excluding carboxylic acids is 1. The number of carbonyl (C=O) groups is 2. The summed E-state index contributed by atoms with van der Waals surface area (Å²) in [6, 6.07) is 4.95. The number of hydrogen-bond donors (Lipinski definition) is 1. The Morgan fingerprint density at radius 3 is 2.52 bits per heavy atom. The van der Waals surface area contributed by atoms with Crippen LogP contribution in [0.15, 0.2) is 23.8 Å². The van der Waals surface area contributed by atoms with E-state index in [4.69, 9.17) is 14.6 Å². The van der Waals surface area contributed by atoms with E-state index in [-0.39, 0.29) is 11.5 Å². The zero-order valence-corrected chi connectivity index (χ0v) is 12.5. The number of aliphatic carboxylic acids is 1. The standard InChI is InChI=1S/C16H20O5/c1-4-6-15(17)21-13-8-7-12(9-11(3)16(18)19)10-14(13)20-5-2/h7-10H,4-6H2,1-3H3,(H,18,19)/b11-9+. The summed E-state index contributed by atoms with van der Waals surface area (Å²) in [6.45, 7) is 5.65. The molecule has 1 aromatic rings. The van der Waals surface area contributed by atoms with Crippen molar-refractivity contribution >= 4 is 18.0 Å². The SMILES string of the molecule is CCCC(=O)Oc1ccc(/C=C(\C)C(=O)O)cc1OCC. The van der Waals surface area contributed by atoms with Gasteiger partial charge in [0.15, 0.2) is 11.5 Å². The maximum Gasteiger partial charge on any atom is 0.331 e. The third-order valence-electron chi connectivity index (χ3n) is 2.67. The summed E-state index contributed by atoms with van der Waals surface area (Å²) in [5.41, 5.74) is 0.891. The highest BCUT2D eigenvalue weighted by Gasteiger charge is 2.11. The van der Waals surface area contributed by atoms with E-state index in [1.54, 1.807) is 18.2 Å². The van der Waals surface area contributed by atoms with Gasteiger partial charge in [-0.05, 0) is 44.0 Å². The lowest BCUT2D eigenvalue weighted by Crippen LogP contribution is -2.08. The first kappa shape index (κ1) is 16.8. The molecular weight excluding hydrogens is 272 g/mol. The van der Waals surface area contributed by atoms with Crippen LogP contribution >= 0.6 is 0 Å². The van der Waals surface area contributed by atoms with Crippen LogP contribution in [0.4, 0.5) is 0 Å². The van der Waals surface area contributed by atoms with Crippen LogP contribution in [-0.4, -0.2) is 23.7 Å². The highest BCUT2D eigenvalue weighted by atomic mass is 16.6. The summed E-state index contributed by atoms with van der Waals surface area (Å²) in [7, 11) is 0. The first-order chi connectivity index (χ1) is 9.97. The van der Waals surface area contributed by atoms with Crippen molar-refractivity contribution in [2.75, 3.05) is 6.61 Å². The van der Waals surface area contributed by atoms with Crippen molar-refractivity contribution in [2.45, 2.75) is 33.6 Å². The monoisotopic (exact) mass is 292 g/mol. The molecule has 0 aromatic heterocycles. The summed E-state index contributed by atoms with van der Waals surface area (Å²) >= 11 is 0. The maximum atomic E-state index is 11.6. The fourth-order valence-electron chi connectivity index (χ4n) is 1.66. The van der Waals surface area contributed by atoms with Gasteiger partial charge in [-0.3, -0.25) is 4.79 Å². The smallest absolute Gasteiger partial charge is 0.331 e. The average Bonchev–Trinajstić information content (AvgIpc) is 2.42. The average molecular weight is 292 g/mol. The maximum absolute atomic E-state index is 11.6. The zero-order chi connectivity index (χ0) is 15.8. The first-order valence-corrected chi connectivity index (χ1v) is 6.87. The Morgan fingerprint density at radius 1 is 1.24 bits per heavy atom. The van der Waals surface area contributed by atoms with Gasteiger partial charge in [-0.2, -0.15) is 0 Å². The molecule has 0 saturated carbocycles. The van der Waals surface area contributed by atoms with E-state index >= 15 is 0 Å². The van der Waals surface area contributed by atoms with Crippen LogP contribution in [0.1, 0.15) is 39.2 Å². The van der Waals surface area contributed by atoms with Crippen LogP contribution in [-0.2, 0) is 9.59 Å². The minimum atomic E-state index is -0.980. The topological polar surface area (TPSA) is 72.8 Å². The normalized spacial score (nSPS) is 11.1. The van der Waals surface area contributed by atoms with Crippen LogP contribution in [0.3, 0.4) is 0 Å². The first-order valence-electron chi connectivity index (χ1n) is 6.87. The number of benzene rings is 1. The number of ether oxygens (including phenoxy) is 2. The van der Waals surface area contributed by atoms with Gasteiger partial charge in [0.25, 0.3) is 0 Å². The summed E-state index contributed by atoms with van der Waals surface area (Å²) in [5.74, 6) is -0.524. The molecule has 0 aliphatic carbocycles. The van der Waals surface area contributed by atoms with Crippen LogP contribution in [0.25, 0.3) is 6.08 Å². The van der Waals surface area contributed by atoms with Crippen molar-refractivity contribution in [1.82, 2.24) is 0 Å². The minimum Gasteiger partial charge on any atom is -0.490 e. The van der Waals surface area contributed by atoms with Gasteiger partial charge >= 0.3 is 11.9 Å². The van der Waals surface area contributed by atoms with Crippen molar-refractivity contribution in [2.24, 2.45) is 0 Å². The van der Waals surface area contributed by atoms with E-state index < -0.39 is 5.97 Å². The molecule has 0 unspecified atom stereocenters. The van der Waals surface area contributed by atoms with Gasteiger partial charge in [0, 0.05) is 12.0 Å². The molecule has 0 atom stereocenters. The summed E-state index contributed by atoms with van der Waals surface area (Å²) in [6.07, 6.45) is 2.58. The molecule has 0 radical (unpaired) electrons. The fourth-order valence-corrected chi connectivity index (χ4v) is 1.66. The Hall–Kier alpha value is -2.30. The molecular formula is C16H20O5. The van der Waals surface area contributed by atoms with Crippen molar-refractivity contribution in [3.05, 3.63) is 29.3 Å². The summed E-state index contributed by atoms with van der Waals surface area (Å²) in [4.78, 5) is 22.4. The van der Waals surface area contributed by atoms with Crippen molar-refractivity contribution in [1.29, 1.82) is 0 Å². The lowest BCUT2D eigenvalue weighted by Gasteiger charge is -2.11. The number of esters is 1. The molecule has 114 valence electrons. The van der Waals surface area contributed by atoms with Crippen LogP contribution in [0.2, 0.25) is 0 Å². The van der Waals surface area contributed by atoms with E-state index in [1.165, 1.54) is 13.0 Å². The van der Waals surface area contributed by atoms with Gasteiger partial charge in [0.2, 0.25) is 0 Å². The van der Waals surface area contributed by atoms with Gasteiger partial charge in [-0.15, -0.1) is 0 Å². The molecule has 0 heterocycles. The van der Waals surface area contributed by atoms with E-state index in [9.17, 15) is 9.59 Å². The predicted molar refractivity (Wildman–Crippen MR) is 79.4 cm³/mol.